The molecule has 1 aromatic heterocycles. The first kappa shape index (κ1) is 30.5. The van der Waals surface area contributed by atoms with Crippen LogP contribution in [0.25, 0.3) is 38.6 Å². The minimum atomic E-state index is -0.00241. The second-order valence-electron chi connectivity index (χ2n) is 13.6. The van der Waals surface area contributed by atoms with Crippen LogP contribution in [0.15, 0.2) is 170 Å². The SMILES string of the molecule is Cc1ccc(N(c2ccccc2)c2cccc3c2-c2ccccc2C3(C)C)cc1.Cc1ccc2c(c1)c1ccccc1n2-c1ccccc1. The molecular formula is C47H40N2. The van der Waals surface area contributed by atoms with E-state index in [1.807, 2.05) is 0 Å². The zero-order valence-electron chi connectivity index (χ0n) is 28.6. The molecule has 1 aliphatic rings. The summed E-state index contributed by atoms with van der Waals surface area (Å²) in [6.07, 6.45) is 0. The third-order valence-electron chi connectivity index (χ3n) is 9.98. The highest BCUT2D eigenvalue weighted by Gasteiger charge is 2.37. The molecule has 0 atom stereocenters. The van der Waals surface area contributed by atoms with Crippen LogP contribution < -0.4 is 4.90 Å². The minimum absolute atomic E-state index is 0.00241. The minimum Gasteiger partial charge on any atom is -0.310 e. The van der Waals surface area contributed by atoms with Crippen molar-refractivity contribution in [3.05, 3.63) is 192 Å². The Kier molecular flexibility index (Phi) is 7.65. The third kappa shape index (κ3) is 5.30. The quantitative estimate of drug-likeness (QED) is 0.187. The Morgan fingerprint density at radius 1 is 0.469 bits per heavy atom. The number of aromatic nitrogens is 1. The summed E-state index contributed by atoms with van der Waals surface area (Å²) in [4.78, 5) is 2.39. The number of aryl methyl sites for hydroxylation is 2. The van der Waals surface area contributed by atoms with E-state index < -0.39 is 0 Å². The molecule has 2 nitrogen and oxygen atoms in total. The molecule has 2 heteroatoms. The lowest BCUT2D eigenvalue weighted by atomic mass is 9.82. The number of hydrogen-bond donors (Lipinski definition) is 0. The third-order valence-corrected chi connectivity index (χ3v) is 9.98. The second kappa shape index (κ2) is 12.3. The van der Waals surface area contributed by atoms with Crippen molar-refractivity contribution >= 4 is 38.9 Å². The molecule has 1 aliphatic carbocycles. The Bertz CT molecular complexity index is 2420. The molecule has 0 saturated carbocycles. The summed E-state index contributed by atoms with van der Waals surface area (Å²) in [6.45, 7) is 8.95. The predicted molar refractivity (Wildman–Crippen MR) is 209 cm³/mol. The normalized spacial score (nSPS) is 12.7. The molecule has 0 aliphatic heterocycles. The Balaban J connectivity index is 0.000000152. The van der Waals surface area contributed by atoms with Gasteiger partial charge in [-0.2, -0.15) is 0 Å². The molecular weight excluding hydrogens is 593 g/mol. The molecule has 0 unspecified atom stereocenters. The van der Waals surface area contributed by atoms with Crippen molar-refractivity contribution in [2.45, 2.75) is 33.1 Å². The topological polar surface area (TPSA) is 8.17 Å². The first-order chi connectivity index (χ1) is 23.9. The van der Waals surface area contributed by atoms with E-state index in [0.717, 1.165) is 0 Å². The molecule has 0 fully saturated rings. The van der Waals surface area contributed by atoms with Crippen LogP contribution in [0.3, 0.4) is 0 Å². The fourth-order valence-electron chi connectivity index (χ4n) is 7.56. The Morgan fingerprint density at radius 2 is 1.06 bits per heavy atom. The average Bonchev–Trinajstić information content (AvgIpc) is 3.59. The largest absolute Gasteiger partial charge is 0.310 e. The van der Waals surface area contributed by atoms with Crippen LogP contribution in [-0.2, 0) is 5.41 Å². The molecule has 0 saturated heterocycles. The van der Waals surface area contributed by atoms with Gasteiger partial charge in [0, 0.05) is 38.8 Å². The number of fused-ring (bicyclic) bond motifs is 6. The van der Waals surface area contributed by atoms with Crippen molar-refractivity contribution in [1.29, 1.82) is 0 Å². The Labute approximate surface area is 289 Å². The van der Waals surface area contributed by atoms with E-state index in [1.54, 1.807) is 0 Å². The van der Waals surface area contributed by atoms with Crippen molar-refractivity contribution in [2.24, 2.45) is 0 Å². The van der Waals surface area contributed by atoms with Crippen LogP contribution in [0.4, 0.5) is 17.1 Å². The number of benzene rings is 7. The summed E-state index contributed by atoms with van der Waals surface area (Å²) >= 11 is 0. The van der Waals surface area contributed by atoms with Gasteiger partial charge in [-0.3, -0.25) is 0 Å². The summed E-state index contributed by atoms with van der Waals surface area (Å²) in [5.74, 6) is 0. The van der Waals surface area contributed by atoms with Gasteiger partial charge < -0.3 is 9.47 Å². The number of para-hydroxylation sites is 3. The zero-order chi connectivity index (χ0) is 33.5. The van der Waals surface area contributed by atoms with Crippen molar-refractivity contribution in [2.75, 3.05) is 4.90 Å². The fraction of sp³-hybridized carbons (Fsp3) is 0.106. The number of hydrogen-bond acceptors (Lipinski definition) is 1. The maximum Gasteiger partial charge on any atom is 0.0543 e. The van der Waals surface area contributed by atoms with E-state index in [-0.39, 0.29) is 5.41 Å². The lowest BCUT2D eigenvalue weighted by molar-refractivity contribution is 0.660. The number of nitrogens with zero attached hydrogens (tertiary/aromatic N) is 2. The molecule has 49 heavy (non-hydrogen) atoms. The van der Waals surface area contributed by atoms with Crippen molar-refractivity contribution in [3.8, 4) is 16.8 Å². The van der Waals surface area contributed by atoms with Crippen LogP contribution in [0.1, 0.15) is 36.1 Å². The molecule has 0 spiro atoms. The summed E-state index contributed by atoms with van der Waals surface area (Å²) < 4.78 is 2.34. The first-order valence-electron chi connectivity index (χ1n) is 17.1. The highest BCUT2D eigenvalue weighted by molar-refractivity contribution is 6.09. The Morgan fingerprint density at radius 3 is 1.84 bits per heavy atom. The molecule has 7 aromatic carbocycles. The van der Waals surface area contributed by atoms with Crippen molar-refractivity contribution in [1.82, 2.24) is 4.57 Å². The molecule has 0 amide bonds. The molecule has 9 rings (SSSR count). The lowest BCUT2D eigenvalue weighted by Gasteiger charge is -2.28. The van der Waals surface area contributed by atoms with Crippen molar-refractivity contribution < 1.29 is 0 Å². The standard InChI is InChI=1S/C28H25N.C19H15N/c1-20-16-18-22(19-17-20)29(21-10-5-4-6-11-21)26-15-9-14-25-27(26)23-12-7-8-13-24(23)28(25,2)3;1-14-11-12-19-17(13-14)16-9-5-6-10-18(16)20(19)15-7-3-2-4-8-15/h4-19H,1-3H3;2-13H,1H3. The van der Waals surface area contributed by atoms with E-state index in [4.69, 9.17) is 0 Å². The van der Waals surface area contributed by atoms with Crippen LogP contribution >= 0.6 is 0 Å². The number of rotatable bonds is 4. The monoisotopic (exact) mass is 632 g/mol. The van der Waals surface area contributed by atoms with E-state index in [0.29, 0.717) is 0 Å². The smallest absolute Gasteiger partial charge is 0.0543 e. The summed E-state index contributed by atoms with van der Waals surface area (Å²) in [6, 6.07) is 60.9. The van der Waals surface area contributed by atoms with Gasteiger partial charge in [-0.25, -0.2) is 0 Å². The van der Waals surface area contributed by atoms with Crippen LogP contribution in [0.2, 0.25) is 0 Å². The van der Waals surface area contributed by atoms with E-state index in [2.05, 4.69) is 207 Å². The van der Waals surface area contributed by atoms with Gasteiger partial charge in [0.25, 0.3) is 0 Å². The highest BCUT2D eigenvalue weighted by atomic mass is 15.1. The van der Waals surface area contributed by atoms with Gasteiger partial charge in [-0.1, -0.05) is 134 Å². The second-order valence-corrected chi connectivity index (χ2v) is 13.6. The first-order valence-corrected chi connectivity index (χ1v) is 17.1. The van der Waals surface area contributed by atoms with Gasteiger partial charge in [-0.15, -0.1) is 0 Å². The molecule has 0 N–H and O–H groups in total. The lowest BCUT2D eigenvalue weighted by Crippen LogP contribution is -2.16. The zero-order valence-corrected chi connectivity index (χ0v) is 28.6. The van der Waals surface area contributed by atoms with Crippen LogP contribution in [0.5, 0.6) is 0 Å². The van der Waals surface area contributed by atoms with Gasteiger partial charge >= 0.3 is 0 Å². The van der Waals surface area contributed by atoms with Gasteiger partial charge in [0.1, 0.15) is 0 Å². The summed E-state index contributed by atoms with van der Waals surface area (Å²) in [7, 11) is 0. The van der Waals surface area contributed by atoms with Gasteiger partial charge in [0.15, 0.2) is 0 Å². The maximum absolute atomic E-state index is 2.39. The summed E-state index contributed by atoms with van der Waals surface area (Å²) in [5, 5.41) is 2.64. The molecule has 0 bridgehead atoms. The Hall–Kier alpha value is -5.86. The highest BCUT2D eigenvalue weighted by Crippen LogP contribution is 2.54. The summed E-state index contributed by atoms with van der Waals surface area (Å²) in [5.41, 5.74) is 15.4. The fourth-order valence-corrected chi connectivity index (χ4v) is 7.56. The van der Waals surface area contributed by atoms with Gasteiger partial charge in [-0.05, 0) is 91.2 Å². The van der Waals surface area contributed by atoms with Gasteiger partial charge in [0.05, 0.1) is 16.7 Å². The molecule has 238 valence electrons. The molecule has 8 aromatic rings. The molecule has 0 radical (unpaired) electrons. The van der Waals surface area contributed by atoms with E-state index >= 15 is 0 Å². The average molecular weight is 633 g/mol. The van der Waals surface area contributed by atoms with Crippen molar-refractivity contribution in [3.63, 3.8) is 0 Å². The van der Waals surface area contributed by atoms with E-state index in [9.17, 15) is 0 Å². The van der Waals surface area contributed by atoms with Crippen LogP contribution in [0, 0.1) is 13.8 Å². The van der Waals surface area contributed by atoms with Gasteiger partial charge in [0.2, 0.25) is 0 Å². The number of anilines is 3. The van der Waals surface area contributed by atoms with E-state index in [1.165, 1.54) is 77.9 Å². The maximum atomic E-state index is 2.39. The van der Waals surface area contributed by atoms with Crippen LogP contribution in [-0.4, -0.2) is 4.57 Å². The predicted octanol–water partition coefficient (Wildman–Crippen LogP) is 12.9. The molecule has 1 heterocycles.